The lowest BCUT2D eigenvalue weighted by Crippen LogP contribution is -2.18. The minimum atomic E-state index is 0.523. The summed E-state index contributed by atoms with van der Waals surface area (Å²) in [4.78, 5) is 0. The van der Waals surface area contributed by atoms with Crippen LogP contribution in [0.2, 0.25) is 0 Å². The Labute approximate surface area is 130 Å². The van der Waals surface area contributed by atoms with Crippen LogP contribution in [-0.4, -0.2) is 6.54 Å². The predicted molar refractivity (Wildman–Crippen MR) is 91.4 cm³/mol. The average molecular weight is 332 g/mol. The van der Waals surface area contributed by atoms with Crippen LogP contribution in [0.1, 0.15) is 30.9 Å². The Morgan fingerprint density at radius 2 is 1.75 bits per heavy atom. The molecule has 106 valence electrons. The first kappa shape index (κ1) is 15.1. The van der Waals surface area contributed by atoms with Gasteiger partial charge in [0.25, 0.3) is 0 Å². The molecule has 1 N–H and O–H groups in total. The van der Waals surface area contributed by atoms with Crippen LogP contribution >= 0.6 is 15.9 Å². The number of halogens is 1. The highest BCUT2D eigenvalue weighted by atomic mass is 79.9. The zero-order valence-corrected chi connectivity index (χ0v) is 13.9. The minimum absolute atomic E-state index is 0.523. The molecule has 0 aliphatic carbocycles. The van der Waals surface area contributed by atoms with E-state index in [0.29, 0.717) is 11.8 Å². The van der Waals surface area contributed by atoms with Gasteiger partial charge in [0, 0.05) is 22.6 Å². The minimum Gasteiger partial charge on any atom is -0.384 e. The van der Waals surface area contributed by atoms with E-state index in [4.69, 9.17) is 0 Å². The smallest absolute Gasteiger partial charge is 0.0381 e. The first-order valence-corrected chi connectivity index (χ1v) is 7.92. The van der Waals surface area contributed by atoms with Crippen molar-refractivity contribution in [1.82, 2.24) is 0 Å². The monoisotopic (exact) mass is 331 g/mol. The molecule has 1 atom stereocenters. The van der Waals surface area contributed by atoms with Gasteiger partial charge in [-0.15, -0.1) is 0 Å². The molecule has 2 heteroatoms. The molecule has 0 amide bonds. The van der Waals surface area contributed by atoms with Gasteiger partial charge in [-0.3, -0.25) is 0 Å². The van der Waals surface area contributed by atoms with Crippen molar-refractivity contribution in [2.45, 2.75) is 26.7 Å². The van der Waals surface area contributed by atoms with Gasteiger partial charge >= 0.3 is 0 Å². The van der Waals surface area contributed by atoms with Gasteiger partial charge in [-0.05, 0) is 36.1 Å². The summed E-state index contributed by atoms with van der Waals surface area (Å²) in [6, 6.07) is 17.1. The van der Waals surface area contributed by atoms with Crippen molar-refractivity contribution in [2.75, 3.05) is 11.9 Å². The number of hydrogen-bond acceptors (Lipinski definition) is 1. The Hall–Kier alpha value is -1.28. The third-order valence-electron chi connectivity index (χ3n) is 3.74. The summed E-state index contributed by atoms with van der Waals surface area (Å²) in [5.74, 6) is 1.13. The maximum absolute atomic E-state index is 3.60. The number of rotatable bonds is 5. The summed E-state index contributed by atoms with van der Waals surface area (Å²) in [5.41, 5.74) is 3.90. The fraction of sp³-hybridized carbons (Fsp3) is 0.333. The molecule has 0 radical (unpaired) electrons. The van der Waals surface area contributed by atoms with Gasteiger partial charge in [0.2, 0.25) is 0 Å². The van der Waals surface area contributed by atoms with Crippen LogP contribution in [0, 0.1) is 12.8 Å². The van der Waals surface area contributed by atoms with E-state index < -0.39 is 0 Å². The van der Waals surface area contributed by atoms with Crippen molar-refractivity contribution < 1.29 is 0 Å². The molecule has 0 saturated carbocycles. The quantitative estimate of drug-likeness (QED) is 0.750. The van der Waals surface area contributed by atoms with Crippen LogP contribution in [0.25, 0.3) is 0 Å². The average Bonchev–Trinajstić information content (AvgIpc) is 2.43. The first-order valence-electron chi connectivity index (χ1n) is 7.13. The Kier molecular flexibility index (Phi) is 5.24. The van der Waals surface area contributed by atoms with E-state index in [2.05, 4.69) is 90.5 Å². The van der Waals surface area contributed by atoms with Crippen molar-refractivity contribution in [3.63, 3.8) is 0 Å². The van der Waals surface area contributed by atoms with E-state index in [1.807, 2.05) is 0 Å². The maximum Gasteiger partial charge on any atom is 0.0381 e. The standard InChI is InChI=1S/C18H22BrN/c1-13(2)17(15-7-5-4-6-8-15)12-20-18-11-16(19)10-9-14(18)3/h4-11,13,17,20H,12H2,1-3H3. The molecule has 0 fully saturated rings. The molecule has 2 rings (SSSR count). The van der Waals surface area contributed by atoms with Gasteiger partial charge in [-0.2, -0.15) is 0 Å². The molecule has 20 heavy (non-hydrogen) atoms. The van der Waals surface area contributed by atoms with Crippen molar-refractivity contribution in [1.29, 1.82) is 0 Å². The number of anilines is 1. The number of benzene rings is 2. The lowest BCUT2D eigenvalue weighted by atomic mass is 9.88. The van der Waals surface area contributed by atoms with E-state index in [0.717, 1.165) is 11.0 Å². The van der Waals surface area contributed by atoms with Crippen molar-refractivity contribution in [3.8, 4) is 0 Å². The van der Waals surface area contributed by atoms with E-state index >= 15 is 0 Å². The Morgan fingerprint density at radius 3 is 2.40 bits per heavy atom. The molecule has 0 heterocycles. The summed E-state index contributed by atoms with van der Waals surface area (Å²) in [6.45, 7) is 7.67. The van der Waals surface area contributed by atoms with Crippen LogP contribution in [0.15, 0.2) is 53.0 Å². The van der Waals surface area contributed by atoms with Crippen LogP contribution in [0.5, 0.6) is 0 Å². The summed E-state index contributed by atoms with van der Waals surface area (Å²) in [6.07, 6.45) is 0. The Balaban J connectivity index is 2.12. The SMILES string of the molecule is Cc1ccc(Br)cc1NCC(c1ccccc1)C(C)C. The van der Waals surface area contributed by atoms with Gasteiger partial charge in [-0.25, -0.2) is 0 Å². The van der Waals surface area contributed by atoms with E-state index in [-0.39, 0.29) is 0 Å². The van der Waals surface area contributed by atoms with Crippen molar-refractivity contribution in [2.24, 2.45) is 5.92 Å². The highest BCUT2D eigenvalue weighted by Gasteiger charge is 2.15. The largest absolute Gasteiger partial charge is 0.384 e. The summed E-state index contributed by atoms with van der Waals surface area (Å²) < 4.78 is 1.12. The zero-order chi connectivity index (χ0) is 14.5. The van der Waals surface area contributed by atoms with Gasteiger partial charge in [0.15, 0.2) is 0 Å². The number of hydrogen-bond donors (Lipinski definition) is 1. The highest BCUT2D eigenvalue weighted by molar-refractivity contribution is 9.10. The third kappa shape index (κ3) is 3.86. The molecular formula is C18H22BrN. The van der Waals surface area contributed by atoms with Gasteiger partial charge in [0.1, 0.15) is 0 Å². The number of nitrogens with one attached hydrogen (secondary N) is 1. The fourth-order valence-corrected chi connectivity index (χ4v) is 2.80. The van der Waals surface area contributed by atoms with Crippen molar-refractivity contribution in [3.05, 3.63) is 64.1 Å². The van der Waals surface area contributed by atoms with Crippen LogP contribution in [-0.2, 0) is 0 Å². The third-order valence-corrected chi connectivity index (χ3v) is 4.24. The second kappa shape index (κ2) is 6.94. The lowest BCUT2D eigenvalue weighted by molar-refractivity contribution is 0.517. The van der Waals surface area contributed by atoms with E-state index in [1.54, 1.807) is 0 Å². The molecule has 0 spiro atoms. The summed E-state index contributed by atoms with van der Waals surface area (Å²) >= 11 is 3.54. The van der Waals surface area contributed by atoms with Crippen LogP contribution in [0.4, 0.5) is 5.69 Å². The zero-order valence-electron chi connectivity index (χ0n) is 12.4. The lowest BCUT2D eigenvalue weighted by Gasteiger charge is -2.23. The second-order valence-corrected chi connectivity index (χ2v) is 6.52. The highest BCUT2D eigenvalue weighted by Crippen LogP contribution is 2.26. The summed E-state index contributed by atoms with van der Waals surface area (Å²) in [5, 5.41) is 3.60. The van der Waals surface area contributed by atoms with Crippen molar-refractivity contribution >= 4 is 21.6 Å². The predicted octanol–water partition coefficient (Wildman–Crippen LogP) is 5.61. The topological polar surface area (TPSA) is 12.0 Å². The molecule has 1 unspecified atom stereocenters. The van der Waals surface area contributed by atoms with Crippen LogP contribution in [0.3, 0.4) is 0 Å². The molecule has 0 aliphatic heterocycles. The fourth-order valence-electron chi connectivity index (χ4n) is 2.44. The van der Waals surface area contributed by atoms with E-state index in [9.17, 15) is 0 Å². The first-order chi connectivity index (χ1) is 9.58. The molecule has 0 aromatic heterocycles. The summed E-state index contributed by atoms with van der Waals surface area (Å²) in [7, 11) is 0. The molecule has 0 saturated heterocycles. The molecule has 2 aromatic carbocycles. The maximum atomic E-state index is 3.60. The molecule has 2 aromatic rings. The Morgan fingerprint density at radius 1 is 1.05 bits per heavy atom. The van der Waals surface area contributed by atoms with E-state index in [1.165, 1.54) is 16.8 Å². The molecule has 0 aliphatic rings. The van der Waals surface area contributed by atoms with Gasteiger partial charge in [-0.1, -0.05) is 66.2 Å². The Bertz CT molecular complexity index is 549. The van der Waals surface area contributed by atoms with Gasteiger partial charge < -0.3 is 5.32 Å². The second-order valence-electron chi connectivity index (χ2n) is 5.60. The van der Waals surface area contributed by atoms with Gasteiger partial charge in [0.05, 0.1) is 0 Å². The molecule has 0 bridgehead atoms. The normalized spacial score (nSPS) is 12.4. The number of aryl methyl sites for hydroxylation is 1. The van der Waals surface area contributed by atoms with Crippen LogP contribution < -0.4 is 5.32 Å². The molecular weight excluding hydrogens is 310 g/mol. The molecule has 1 nitrogen and oxygen atoms in total.